The quantitative estimate of drug-likeness (QED) is 0.577. The molecule has 0 atom stereocenters. The van der Waals surface area contributed by atoms with Crippen molar-refractivity contribution in [1.29, 1.82) is 0 Å². The Morgan fingerprint density at radius 1 is 1.12 bits per heavy atom. The van der Waals surface area contributed by atoms with Crippen molar-refractivity contribution in [2.45, 2.75) is 34.1 Å². The summed E-state index contributed by atoms with van der Waals surface area (Å²) in [5.74, 6) is -0.335. The van der Waals surface area contributed by atoms with E-state index < -0.39 is 5.41 Å². The Morgan fingerprint density at radius 2 is 1.56 bits per heavy atom. The maximum atomic E-state index is 12.1. The number of carbonyl (C=O) groups is 2. The average molecular weight is 242 g/mol. The third-order valence-corrected chi connectivity index (χ3v) is 3.18. The highest BCUT2D eigenvalue weighted by atomic mass is 32.1. The maximum Gasteiger partial charge on any atom is 0.242 e. The first-order valence-electron chi connectivity index (χ1n) is 5.47. The van der Waals surface area contributed by atoms with Crippen molar-refractivity contribution in [1.82, 2.24) is 10.6 Å². The first-order chi connectivity index (χ1) is 7.30. The van der Waals surface area contributed by atoms with Crippen LogP contribution in [0.5, 0.6) is 0 Å². The lowest BCUT2D eigenvalue weighted by Crippen LogP contribution is -2.64. The molecule has 0 spiro atoms. The topological polar surface area (TPSA) is 58.2 Å². The molecule has 0 aromatic rings. The average Bonchev–Trinajstić information content (AvgIpc) is 2.10. The van der Waals surface area contributed by atoms with Crippen LogP contribution >= 0.6 is 12.2 Å². The molecule has 1 heterocycles. The van der Waals surface area contributed by atoms with E-state index in [1.807, 2.05) is 27.7 Å². The predicted molar refractivity (Wildman–Crippen MR) is 65.6 cm³/mol. The van der Waals surface area contributed by atoms with E-state index in [4.69, 9.17) is 12.2 Å². The fourth-order valence-corrected chi connectivity index (χ4v) is 2.34. The molecule has 5 heteroatoms. The summed E-state index contributed by atoms with van der Waals surface area (Å²) in [4.78, 5) is 24.1. The Labute approximate surface area is 101 Å². The van der Waals surface area contributed by atoms with Gasteiger partial charge in [-0.1, -0.05) is 27.7 Å². The Bertz CT molecular complexity index is 317. The summed E-state index contributed by atoms with van der Waals surface area (Å²) in [6, 6.07) is 0. The molecule has 2 N–H and O–H groups in total. The monoisotopic (exact) mass is 242 g/mol. The number of hydrogen-bond donors (Lipinski definition) is 2. The van der Waals surface area contributed by atoms with E-state index in [1.165, 1.54) is 0 Å². The minimum Gasteiger partial charge on any atom is -0.302 e. The van der Waals surface area contributed by atoms with E-state index >= 15 is 0 Å². The van der Waals surface area contributed by atoms with Crippen LogP contribution < -0.4 is 10.6 Å². The molecule has 0 radical (unpaired) electrons. The number of hydrogen-bond acceptors (Lipinski definition) is 3. The van der Waals surface area contributed by atoms with Crippen molar-refractivity contribution in [3.63, 3.8) is 0 Å². The van der Waals surface area contributed by atoms with E-state index in [0.29, 0.717) is 6.42 Å². The molecule has 0 aromatic carbocycles. The zero-order valence-electron chi connectivity index (χ0n) is 10.1. The molecule has 1 aliphatic heterocycles. The normalized spacial score (nSPS) is 20.0. The van der Waals surface area contributed by atoms with Gasteiger partial charge in [-0.25, -0.2) is 0 Å². The second-order valence-corrected chi connectivity index (χ2v) is 5.37. The van der Waals surface area contributed by atoms with Crippen LogP contribution in [0.4, 0.5) is 0 Å². The third-order valence-electron chi connectivity index (χ3n) is 2.98. The molecule has 2 amide bonds. The van der Waals surface area contributed by atoms with Gasteiger partial charge in [0.05, 0.1) is 0 Å². The first kappa shape index (κ1) is 13.1. The van der Waals surface area contributed by atoms with Crippen LogP contribution in [0.3, 0.4) is 0 Å². The van der Waals surface area contributed by atoms with Crippen LogP contribution in [-0.4, -0.2) is 16.9 Å². The van der Waals surface area contributed by atoms with E-state index in [0.717, 1.165) is 0 Å². The highest BCUT2D eigenvalue weighted by molar-refractivity contribution is 7.80. The fourth-order valence-electron chi connectivity index (χ4n) is 2.15. The summed E-state index contributed by atoms with van der Waals surface area (Å²) in [5.41, 5.74) is -0.990. The number of nitrogens with one attached hydrogen (secondary N) is 2. The van der Waals surface area contributed by atoms with Gasteiger partial charge in [0, 0.05) is 0 Å². The van der Waals surface area contributed by atoms with Gasteiger partial charge in [0.1, 0.15) is 5.41 Å². The lowest BCUT2D eigenvalue weighted by atomic mass is 9.69. The summed E-state index contributed by atoms with van der Waals surface area (Å²) in [5, 5.41) is 5.20. The Kier molecular flexibility index (Phi) is 3.68. The van der Waals surface area contributed by atoms with E-state index in [2.05, 4.69) is 10.6 Å². The Morgan fingerprint density at radius 3 is 1.88 bits per heavy atom. The molecule has 0 aliphatic carbocycles. The zero-order valence-corrected chi connectivity index (χ0v) is 10.9. The van der Waals surface area contributed by atoms with Gasteiger partial charge >= 0.3 is 0 Å². The molecule has 0 bridgehead atoms. The van der Waals surface area contributed by atoms with Crippen LogP contribution in [0.2, 0.25) is 0 Å². The van der Waals surface area contributed by atoms with E-state index in [9.17, 15) is 9.59 Å². The van der Waals surface area contributed by atoms with Crippen molar-refractivity contribution in [3.8, 4) is 0 Å². The second-order valence-electron chi connectivity index (χ2n) is 4.96. The summed E-state index contributed by atoms with van der Waals surface area (Å²) in [7, 11) is 0. The summed E-state index contributed by atoms with van der Waals surface area (Å²) in [6.45, 7) is 7.76. The van der Waals surface area contributed by atoms with Gasteiger partial charge < -0.3 is 10.6 Å². The lowest BCUT2D eigenvalue weighted by Gasteiger charge is -2.39. The van der Waals surface area contributed by atoms with Gasteiger partial charge in [-0.3, -0.25) is 9.59 Å². The third kappa shape index (κ3) is 2.09. The second kappa shape index (κ2) is 4.49. The molecular weight excluding hydrogens is 224 g/mol. The molecular formula is C11H18N2O2S. The molecule has 16 heavy (non-hydrogen) atoms. The van der Waals surface area contributed by atoms with Gasteiger partial charge in [-0.05, 0) is 30.5 Å². The number of rotatable bonds is 3. The van der Waals surface area contributed by atoms with Crippen LogP contribution in [0.15, 0.2) is 0 Å². The molecule has 4 nitrogen and oxygen atoms in total. The summed E-state index contributed by atoms with van der Waals surface area (Å²) < 4.78 is 0. The largest absolute Gasteiger partial charge is 0.302 e. The predicted octanol–water partition coefficient (Wildman–Crippen LogP) is 1.21. The Hall–Kier alpha value is -0.970. The van der Waals surface area contributed by atoms with Crippen molar-refractivity contribution in [3.05, 3.63) is 0 Å². The van der Waals surface area contributed by atoms with Gasteiger partial charge in [-0.15, -0.1) is 0 Å². The highest BCUT2D eigenvalue weighted by Crippen LogP contribution is 2.36. The minimum atomic E-state index is -0.990. The molecule has 0 aromatic heterocycles. The van der Waals surface area contributed by atoms with Gasteiger partial charge in [-0.2, -0.15) is 0 Å². The van der Waals surface area contributed by atoms with Gasteiger partial charge in [0.2, 0.25) is 11.8 Å². The standard InChI is InChI=1S/C11H18N2O2S/c1-6(2)5-11(7(3)4)8(14)12-10(16)13-9(11)15/h6-7H,5H2,1-4H3,(H2,12,13,14,15,16). The molecule has 0 saturated carbocycles. The number of amides is 2. The smallest absolute Gasteiger partial charge is 0.242 e. The fraction of sp³-hybridized carbons (Fsp3) is 0.727. The SMILES string of the molecule is CC(C)CC1(C(C)C)C(=O)NC(=S)NC1=O. The maximum absolute atomic E-state index is 12.1. The summed E-state index contributed by atoms with van der Waals surface area (Å²) >= 11 is 4.80. The molecule has 1 rings (SSSR count). The van der Waals surface area contributed by atoms with Crippen molar-refractivity contribution >= 4 is 29.1 Å². The van der Waals surface area contributed by atoms with Crippen LogP contribution in [-0.2, 0) is 9.59 Å². The van der Waals surface area contributed by atoms with Gasteiger partial charge in [0.15, 0.2) is 5.11 Å². The Balaban J connectivity index is 3.12. The van der Waals surface area contributed by atoms with Crippen LogP contribution in [0.1, 0.15) is 34.1 Å². The minimum absolute atomic E-state index is 0.0574. The first-order valence-corrected chi connectivity index (χ1v) is 5.88. The molecule has 90 valence electrons. The molecule has 1 fully saturated rings. The van der Waals surface area contributed by atoms with Crippen molar-refractivity contribution in [2.24, 2.45) is 17.3 Å². The van der Waals surface area contributed by atoms with E-state index in [-0.39, 0.29) is 28.8 Å². The highest BCUT2D eigenvalue weighted by Gasteiger charge is 2.51. The van der Waals surface area contributed by atoms with E-state index in [1.54, 1.807) is 0 Å². The molecule has 0 unspecified atom stereocenters. The van der Waals surface area contributed by atoms with Crippen molar-refractivity contribution in [2.75, 3.05) is 0 Å². The number of thiocarbonyl (C=S) groups is 1. The van der Waals surface area contributed by atoms with Gasteiger partial charge in [0.25, 0.3) is 0 Å². The zero-order chi connectivity index (χ0) is 12.5. The van der Waals surface area contributed by atoms with Crippen LogP contribution in [0.25, 0.3) is 0 Å². The molecule has 1 saturated heterocycles. The lowest BCUT2D eigenvalue weighted by molar-refractivity contribution is -0.148. The van der Waals surface area contributed by atoms with Crippen LogP contribution in [0, 0.1) is 17.3 Å². The molecule has 1 aliphatic rings. The summed E-state index contributed by atoms with van der Waals surface area (Å²) in [6.07, 6.45) is 0.533. The van der Waals surface area contributed by atoms with Crippen molar-refractivity contribution < 1.29 is 9.59 Å². The number of carbonyl (C=O) groups excluding carboxylic acids is 2.